The van der Waals surface area contributed by atoms with E-state index in [1.165, 1.54) is 17.9 Å². The van der Waals surface area contributed by atoms with E-state index in [0.29, 0.717) is 6.04 Å². The zero-order valence-electron chi connectivity index (χ0n) is 6.55. The Morgan fingerprint density at radius 3 is 2.90 bits per heavy atom. The summed E-state index contributed by atoms with van der Waals surface area (Å²) >= 11 is 1.75. The zero-order chi connectivity index (χ0) is 7.40. The van der Waals surface area contributed by atoms with Crippen LogP contribution in [0.5, 0.6) is 0 Å². The van der Waals surface area contributed by atoms with Gasteiger partial charge in [-0.05, 0) is 25.6 Å². The molecule has 3 heteroatoms. The highest BCUT2D eigenvalue weighted by Gasteiger charge is 2.18. The average Bonchev–Trinajstić information content (AvgIpc) is 2.43. The molecular formula is C7H14N2S. The van der Waals surface area contributed by atoms with Crippen LogP contribution in [-0.4, -0.2) is 30.9 Å². The molecule has 1 fully saturated rings. The van der Waals surface area contributed by atoms with Crippen molar-refractivity contribution >= 4 is 16.8 Å². The highest BCUT2D eigenvalue weighted by molar-refractivity contribution is 8.13. The molecule has 10 heavy (non-hydrogen) atoms. The van der Waals surface area contributed by atoms with Crippen LogP contribution >= 0.6 is 11.8 Å². The molecule has 0 saturated carbocycles. The lowest BCUT2D eigenvalue weighted by Crippen LogP contribution is -2.28. The van der Waals surface area contributed by atoms with Crippen LogP contribution in [0.4, 0.5) is 0 Å². The van der Waals surface area contributed by atoms with Gasteiger partial charge >= 0.3 is 0 Å². The summed E-state index contributed by atoms with van der Waals surface area (Å²) in [5, 5.41) is 4.65. The number of rotatable bonds is 1. The normalized spacial score (nSPS) is 27.4. The van der Waals surface area contributed by atoms with E-state index in [9.17, 15) is 0 Å². The zero-order valence-corrected chi connectivity index (χ0v) is 7.37. The van der Waals surface area contributed by atoms with Crippen LogP contribution in [-0.2, 0) is 0 Å². The van der Waals surface area contributed by atoms with Crippen LogP contribution < -0.4 is 5.32 Å². The summed E-state index contributed by atoms with van der Waals surface area (Å²) < 4.78 is 0. The summed E-state index contributed by atoms with van der Waals surface area (Å²) in [6.07, 6.45) is 4.64. The van der Waals surface area contributed by atoms with Gasteiger partial charge in [0.15, 0.2) is 0 Å². The van der Waals surface area contributed by atoms with E-state index in [1.807, 2.05) is 7.05 Å². The SMILES string of the molecule is C/N=C(\SC)C1CCCN1. The highest BCUT2D eigenvalue weighted by Crippen LogP contribution is 2.12. The van der Waals surface area contributed by atoms with Crippen molar-refractivity contribution in [3.63, 3.8) is 0 Å². The molecule has 1 saturated heterocycles. The minimum absolute atomic E-state index is 0.556. The molecule has 0 spiro atoms. The van der Waals surface area contributed by atoms with Crippen molar-refractivity contribution in [2.45, 2.75) is 18.9 Å². The van der Waals surface area contributed by atoms with Gasteiger partial charge in [-0.25, -0.2) is 0 Å². The second kappa shape index (κ2) is 3.98. The van der Waals surface area contributed by atoms with Crippen LogP contribution in [0.3, 0.4) is 0 Å². The van der Waals surface area contributed by atoms with Crippen molar-refractivity contribution in [3.8, 4) is 0 Å². The third-order valence-electron chi connectivity index (χ3n) is 1.79. The van der Waals surface area contributed by atoms with Gasteiger partial charge in [-0.2, -0.15) is 0 Å². The summed E-state index contributed by atoms with van der Waals surface area (Å²) in [4.78, 5) is 4.21. The predicted octanol–water partition coefficient (Wildman–Crippen LogP) is 1.13. The lowest BCUT2D eigenvalue weighted by molar-refractivity contribution is 0.770. The van der Waals surface area contributed by atoms with E-state index < -0.39 is 0 Å². The number of thioether (sulfide) groups is 1. The van der Waals surface area contributed by atoms with Gasteiger partial charge in [-0.15, -0.1) is 11.8 Å². The summed E-state index contributed by atoms with van der Waals surface area (Å²) in [5.41, 5.74) is 0. The fourth-order valence-electron chi connectivity index (χ4n) is 1.28. The van der Waals surface area contributed by atoms with E-state index in [1.54, 1.807) is 11.8 Å². The Morgan fingerprint density at radius 2 is 2.50 bits per heavy atom. The smallest absolute Gasteiger partial charge is 0.0839 e. The molecule has 2 nitrogen and oxygen atoms in total. The van der Waals surface area contributed by atoms with Gasteiger partial charge in [0, 0.05) is 7.05 Å². The maximum atomic E-state index is 4.21. The van der Waals surface area contributed by atoms with Gasteiger partial charge in [-0.1, -0.05) is 0 Å². The van der Waals surface area contributed by atoms with Gasteiger partial charge < -0.3 is 5.32 Å². The number of hydrogen-bond donors (Lipinski definition) is 1. The Kier molecular flexibility index (Phi) is 3.22. The monoisotopic (exact) mass is 158 g/mol. The maximum Gasteiger partial charge on any atom is 0.0839 e. The van der Waals surface area contributed by atoms with Crippen molar-refractivity contribution in [1.29, 1.82) is 0 Å². The van der Waals surface area contributed by atoms with Crippen molar-refractivity contribution in [1.82, 2.24) is 5.32 Å². The van der Waals surface area contributed by atoms with Gasteiger partial charge in [0.25, 0.3) is 0 Å². The molecule has 58 valence electrons. The number of hydrogen-bond acceptors (Lipinski definition) is 3. The summed E-state index contributed by atoms with van der Waals surface area (Å²) in [6.45, 7) is 1.16. The van der Waals surface area contributed by atoms with E-state index >= 15 is 0 Å². The minimum atomic E-state index is 0.556. The first kappa shape index (κ1) is 8.08. The van der Waals surface area contributed by atoms with Gasteiger partial charge in [0.1, 0.15) is 0 Å². The largest absolute Gasteiger partial charge is 0.308 e. The lowest BCUT2D eigenvalue weighted by Gasteiger charge is -2.09. The van der Waals surface area contributed by atoms with E-state index in [0.717, 1.165) is 6.54 Å². The molecule has 1 aliphatic rings. The molecule has 0 aromatic heterocycles. The lowest BCUT2D eigenvalue weighted by atomic mass is 10.2. The molecular weight excluding hydrogens is 144 g/mol. The molecule has 1 heterocycles. The molecule has 0 aromatic rings. The minimum Gasteiger partial charge on any atom is -0.308 e. The van der Waals surface area contributed by atoms with Crippen LogP contribution in [0.1, 0.15) is 12.8 Å². The van der Waals surface area contributed by atoms with Crippen molar-refractivity contribution in [2.24, 2.45) is 4.99 Å². The number of aliphatic imine (C=N–C) groups is 1. The first-order valence-electron chi connectivity index (χ1n) is 3.62. The molecule has 1 atom stereocenters. The molecule has 0 amide bonds. The van der Waals surface area contributed by atoms with Gasteiger partial charge in [-0.3, -0.25) is 4.99 Å². The topological polar surface area (TPSA) is 24.4 Å². The predicted molar refractivity (Wildman–Crippen MR) is 47.9 cm³/mol. The summed E-state index contributed by atoms with van der Waals surface area (Å²) in [6, 6.07) is 0.556. The molecule has 0 aromatic carbocycles. The molecule has 0 aliphatic carbocycles. The Labute approximate surface area is 66.5 Å². The molecule has 1 unspecified atom stereocenters. The molecule has 1 rings (SSSR count). The first-order valence-corrected chi connectivity index (χ1v) is 4.85. The summed E-state index contributed by atoms with van der Waals surface area (Å²) in [5.74, 6) is 0. The third-order valence-corrected chi connectivity index (χ3v) is 2.67. The Bertz CT molecular complexity index is 128. The Balaban J connectivity index is 2.45. The molecule has 1 N–H and O–H groups in total. The Hall–Kier alpha value is -0.0200. The summed E-state index contributed by atoms with van der Waals surface area (Å²) in [7, 11) is 1.87. The van der Waals surface area contributed by atoms with Crippen molar-refractivity contribution in [3.05, 3.63) is 0 Å². The van der Waals surface area contributed by atoms with E-state index in [2.05, 4.69) is 16.6 Å². The highest BCUT2D eigenvalue weighted by atomic mass is 32.2. The van der Waals surface area contributed by atoms with Crippen LogP contribution in [0.15, 0.2) is 4.99 Å². The Morgan fingerprint density at radius 1 is 1.70 bits per heavy atom. The van der Waals surface area contributed by atoms with Gasteiger partial charge in [0.2, 0.25) is 0 Å². The second-order valence-electron chi connectivity index (χ2n) is 2.41. The maximum absolute atomic E-state index is 4.21. The van der Waals surface area contributed by atoms with E-state index in [4.69, 9.17) is 0 Å². The third kappa shape index (κ3) is 1.73. The number of nitrogens with one attached hydrogen (secondary N) is 1. The van der Waals surface area contributed by atoms with Crippen LogP contribution in [0.2, 0.25) is 0 Å². The number of nitrogens with zero attached hydrogens (tertiary/aromatic N) is 1. The fraction of sp³-hybridized carbons (Fsp3) is 0.857. The molecule has 0 bridgehead atoms. The fourth-order valence-corrected chi connectivity index (χ4v) is 1.95. The second-order valence-corrected chi connectivity index (χ2v) is 3.24. The van der Waals surface area contributed by atoms with Crippen LogP contribution in [0, 0.1) is 0 Å². The molecule has 0 radical (unpaired) electrons. The van der Waals surface area contributed by atoms with E-state index in [-0.39, 0.29) is 0 Å². The first-order chi connectivity index (χ1) is 4.88. The average molecular weight is 158 g/mol. The molecule has 1 aliphatic heterocycles. The van der Waals surface area contributed by atoms with Gasteiger partial charge in [0.05, 0.1) is 11.1 Å². The van der Waals surface area contributed by atoms with Crippen molar-refractivity contribution < 1.29 is 0 Å². The quantitative estimate of drug-likeness (QED) is 0.457. The van der Waals surface area contributed by atoms with Crippen LogP contribution in [0.25, 0.3) is 0 Å². The standard InChI is InChI=1S/C7H14N2S/c1-8-7(10-2)6-4-3-5-9-6/h6,9H,3-5H2,1-2H3/b8-7-. The van der Waals surface area contributed by atoms with Crippen molar-refractivity contribution in [2.75, 3.05) is 19.8 Å².